The molecule has 0 spiro atoms. The SMILES string of the molecule is C=[N+](CNC)C(C)CC. The molecule has 0 radical (unpaired) electrons. The third-order valence-corrected chi connectivity index (χ3v) is 1.58. The third-order valence-electron chi connectivity index (χ3n) is 1.58. The topological polar surface area (TPSA) is 15.0 Å². The minimum absolute atomic E-state index is 0.581. The average molecular weight is 129 g/mol. The lowest BCUT2D eigenvalue weighted by atomic mass is 10.2. The van der Waals surface area contributed by atoms with E-state index >= 15 is 0 Å². The summed E-state index contributed by atoms with van der Waals surface area (Å²) in [4.78, 5) is 0. The van der Waals surface area contributed by atoms with E-state index in [9.17, 15) is 0 Å². The molecule has 1 atom stereocenters. The van der Waals surface area contributed by atoms with Crippen LogP contribution in [0.15, 0.2) is 0 Å². The predicted octanol–water partition coefficient (Wildman–Crippen LogP) is 0.675. The van der Waals surface area contributed by atoms with Crippen LogP contribution in [0.3, 0.4) is 0 Å². The summed E-state index contributed by atoms with van der Waals surface area (Å²) in [6.07, 6.45) is 1.16. The molecule has 0 heterocycles. The third kappa shape index (κ3) is 3.25. The molecule has 1 unspecified atom stereocenters. The van der Waals surface area contributed by atoms with Crippen LogP contribution < -0.4 is 5.32 Å². The summed E-state index contributed by atoms with van der Waals surface area (Å²) < 4.78 is 2.04. The van der Waals surface area contributed by atoms with Crippen LogP contribution in [0.1, 0.15) is 20.3 Å². The first-order valence-electron chi connectivity index (χ1n) is 3.44. The highest BCUT2D eigenvalue weighted by Crippen LogP contribution is 1.91. The number of rotatable bonds is 4. The molecule has 0 aromatic carbocycles. The molecule has 0 aromatic heterocycles. The van der Waals surface area contributed by atoms with Crippen molar-refractivity contribution in [3.05, 3.63) is 0 Å². The van der Waals surface area contributed by atoms with E-state index in [2.05, 4.69) is 25.9 Å². The summed E-state index contributed by atoms with van der Waals surface area (Å²) in [7, 11) is 1.93. The van der Waals surface area contributed by atoms with Gasteiger partial charge in [0.15, 0.2) is 12.7 Å². The quantitative estimate of drug-likeness (QED) is 0.335. The van der Waals surface area contributed by atoms with Gasteiger partial charge in [0, 0.05) is 6.42 Å². The van der Waals surface area contributed by atoms with Gasteiger partial charge in [0.25, 0.3) is 0 Å². The van der Waals surface area contributed by atoms with Crippen LogP contribution in [0.2, 0.25) is 0 Å². The molecular formula is C7H17N2+. The van der Waals surface area contributed by atoms with Crippen LogP contribution in [0.4, 0.5) is 0 Å². The second-order valence-corrected chi connectivity index (χ2v) is 2.36. The molecule has 0 aromatic rings. The normalized spacial score (nSPS) is 13.2. The van der Waals surface area contributed by atoms with Crippen LogP contribution in [0, 0.1) is 0 Å². The molecule has 0 bridgehead atoms. The molecule has 0 saturated carbocycles. The molecule has 54 valence electrons. The molecule has 0 saturated heterocycles. The van der Waals surface area contributed by atoms with Gasteiger partial charge in [-0.3, -0.25) is 5.32 Å². The van der Waals surface area contributed by atoms with Gasteiger partial charge < -0.3 is 0 Å². The summed E-state index contributed by atoms with van der Waals surface area (Å²) in [6.45, 7) is 9.08. The molecule has 0 aliphatic carbocycles. The molecule has 0 rings (SSSR count). The molecule has 0 amide bonds. The van der Waals surface area contributed by atoms with Gasteiger partial charge in [-0.15, -0.1) is 0 Å². The van der Waals surface area contributed by atoms with Crippen LogP contribution in [0.25, 0.3) is 0 Å². The number of nitrogens with zero attached hydrogens (tertiary/aromatic N) is 1. The van der Waals surface area contributed by atoms with Crippen molar-refractivity contribution in [3.63, 3.8) is 0 Å². The minimum Gasteiger partial charge on any atom is -0.265 e. The Morgan fingerprint density at radius 3 is 2.56 bits per heavy atom. The number of hydrogen-bond acceptors (Lipinski definition) is 1. The molecule has 0 fully saturated rings. The van der Waals surface area contributed by atoms with E-state index in [1.54, 1.807) is 0 Å². The maximum absolute atomic E-state index is 3.87. The second kappa shape index (κ2) is 4.50. The summed E-state index contributed by atoms with van der Waals surface area (Å²) in [5.41, 5.74) is 0. The van der Waals surface area contributed by atoms with Crippen LogP contribution in [-0.4, -0.2) is 31.1 Å². The lowest BCUT2D eigenvalue weighted by Crippen LogP contribution is -2.29. The molecule has 1 N–H and O–H groups in total. The van der Waals surface area contributed by atoms with Crippen molar-refractivity contribution < 1.29 is 4.58 Å². The van der Waals surface area contributed by atoms with E-state index in [1.165, 1.54) is 0 Å². The van der Waals surface area contributed by atoms with Crippen molar-refractivity contribution in [3.8, 4) is 0 Å². The van der Waals surface area contributed by atoms with Crippen molar-refractivity contribution in [1.29, 1.82) is 0 Å². The highest BCUT2D eigenvalue weighted by Gasteiger charge is 2.06. The Labute approximate surface area is 57.6 Å². The van der Waals surface area contributed by atoms with Gasteiger partial charge in [-0.05, 0) is 14.0 Å². The standard InChI is InChI=1S/C7H17N2/c1-5-7(2)9(4)6-8-3/h7-8H,4-6H2,1-3H3/q+1. The first-order valence-corrected chi connectivity index (χ1v) is 3.44. The minimum atomic E-state index is 0.581. The van der Waals surface area contributed by atoms with E-state index in [4.69, 9.17) is 0 Å². The highest BCUT2D eigenvalue weighted by molar-refractivity contribution is 5.14. The van der Waals surface area contributed by atoms with Gasteiger partial charge in [-0.2, -0.15) is 0 Å². The molecule has 9 heavy (non-hydrogen) atoms. The van der Waals surface area contributed by atoms with Crippen molar-refractivity contribution in [1.82, 2.24) is 5.32 Å². The van der Waals surface area contributed by atoms with E-state index in [-0.39, 0.29) is 0 Å². The van der Waals surface area contributed by atoms with Crippen LogP contribution in [0.5, 0.6) is 0 Å². The van der Waals surface area contributed by atoms with Crippen LogP contribution >= 0.6 is 0 Å². The van der Waals surface area contributed by atoms with Gasteiger partial charge in [-0.1, -0.05) is 6.92 Å². The smallest absolute Gasteiger partial charge is 0.196 e. The molecule has 2 nitrogen and oxygen atoms in total. The fraction of sp³-hybridized carbons (Fsp3) is 0.857. The Morgan fingerprint density at radius 1 is 1.67 bits per heavy atom. The zero-order valence-electron chi connectivity index (χ0n) is 6.65. The van der Waals surface area contributed by atoms with E-state index in [0.717, 1.165) is 13.1 Å². The van der Waals surface area contributed by atoms with E-state index in [0.29, 0.717) is 6.04 Å². The largest absolute Gasteiger partial charge is 0.265 e. The van der Waals surface area contributed by atoms with Gasteiger partial charge in [0.1, 0.15) is 6.72 Å². The molecular weight excluding hydrogens is 112 g/mol. The lowest BCUT2D eigenvalue weighted by Gasteiger charge is -2.06. The Kier molecular flexibility index (Phi) is 4.32. The zero-order chi connectivity index (χ0) is 7.28. The Hall–Kier alpha value is -0.370. The maximum Gasteiger partial charge on any atom is 0.196 e. The first kappa shape index (κ1) is 8.63. The van der Waals surface area contributed by atoms with Crippen LogP contribution in [-0.2, 0) is 0 Å². The monoisotopic (exact) mass is 129 g/mol. The van der Waals surface area contributed by atoms with Crippen molar-refractivity contribution in [2.75, 3.05) is 13.7 Å². The predicted molar refractivity (Wildman–Crippen MR) is 41.1 cm³/mol. The average Bonchev–Trinajstić information content (AvgIpc) is 1.87. The number of nitrogens with one attached hydrogen (secondary N) is 1. The summed E-state index contributed by atoms with van der Waals surface area (Å²) >= 11 is 0. The van der Waals surface area contributed by atoms with E-state index < -0.39 is 0 Å². The first-order chi connectivity index (χ1) is 4.22. The number of hydrogen-bond donors (Lipinski definition) is 1. The fourth-order valence-corrected chi connectivity index (χ4v) is 0.617. The Bertz CT molecular complexity index is 88.9. The fourth-order valence-electron chi connectivity index (χ4n) is 0.617. The zero-order valence-corrected chi connectivity index (χ0v) is 6.65. The molecule has 0 aliphatic rings. The second-order valence-electron chi connectivity index (χ2n) is 2.36. The van der Waals surface area contributed by atoms with Gasteiger partial charge in [0.05, 0.1) is 0 Å². The summed E-state index contributed by atoms with van der Waals surface area (Å²) in [6, 6.07) is 0.581. The highest BCUT2D eigenvalue weighted by atomic mass is 15.1. The van der Waals surface area contributed by atoms with Gasteiger partial charge in [0.2, 0.25) is 0 Å². The Morgan fingerprint density at radius 2 is 2.22 bits per heavy atom. The van der Waals surface area contributed by atoms with Crippen molar-refractivity contribution >= 4 is 6.72 Å². The van der Waals surface area contributed by atoms with E-state index in [1.807, 2.05) is 11.6 Å². The summed E-state index contributed by atoms with van der Waals surface area (Å²) in [5.74, 6) is 0. The van der Waals surface area contributed by atoms with Crippen molar-refractivity contribution in [2.45, 2.75) is 26.3 Å². The van der Waals surface area contributed by atoms with Gasteiger partial charge in [-0.25, -0.2) is 4.58 Å². The van der Waals surface area contributed by atoms with Gasteiger partial charge >= 0.3 is 0 Å². The maximum atomic E-state index is 3.87. The summed E-state index contributed by atoms with van der Waals surface area (Å²) in [5, 5.41) is 3.05. The van der Waals surface area contributed by atoms with Crippen molar-refractivity contribution in [2.24, 2.45) is 0 Å². The Balaban J connectivity index is 3.46. The lowest BCUT2D eigenvalue weighted by molar-refractivity contribution is -0.558. The molecule has 0 aliphatic heterocycles. The molecule has 2 heteroatoms.